The van der Waals surface area contributed by atoms with E-state index in [9.17, 15) is 9.90 Å². The highest BCUT2D eigenvalue weighted by Crippen LogP contribution is 2.32. The summed E-state index contributed by atoms with van der Waals surface area (Å²) in [5, 5.41) is 19.5. The van der Waals surface area contributed by atoms with Crippen molar-refractivity contribution in [1.82, 2.24) is 9.55 Å². The number of phenolic OH excluding ortho intramolecular Hbond substituents is 1. The van der Waals surface area contributed by atoms with Crippen LogP contribution < -0.4 is 4.74 Å². The minimum absolute atomic E-state index is 0.00850. The second-order valence-corrected chi connectivity index (χ2v) is 8.16. The molecule has 0 atom stereocenters. The predicted molar refractivity (Wildman–Crippen MR) is 120 cm³/mol. The van der Waals surface area contributed by atoms with Gasteiger partial charge in [0, 0.05) is 18.5 Å². The number of hydrogen-bond acceptors (Lipinski definition) is 5. The first kappa shape index (κ1) is 22.4. The lowest BCUT2D eigenvalue weighted by atomic mass is 9.98. The molecule has 6 nitrogen and oxygen atoms in total. The van der Waals surface area contributed by atoms with E-state index in [0.717, 1.165) is 36.2 Å². The van der Waals surface area contributed by atoms with Gasteiger partial charge in [-0.05, 0) is 49.9 Å². The second kappa shape index (κ2) is 10.1. The largest absolute Gasteiger partial charge is 0.507 e. The number of carbonyl (C=O) groups is 1. The van der Waals surface area contributed by atoms with Crippen LogP contribution in [0.5, 0.6) is 11.5 Å². The lowest BCUT2D eigenvalue weighted by Gasteiger charge is -2.14. The van der Waals surface area contributed by atoms with E-state index < -0.39 is 0 Å². The van der Waals surface area contributed by atoms with Gasteiger partial charge in [0.1, 0.15) is 17.3 Å². The van der Waals surface area contributed by atoms with Gasteiger partial charge in [0.15, 0.2) is 5.78 Å². The van der Waals surface area contributed by atoms with Gasteiger partial charge in [0.05, 0.1) is 35.7 Å². The number of nitrogens with zero attached hydrogens (tertiary/aromatic N) is 3. The molecule has 162 valence electrons. The van der Waals surface area contributed by atoms with Crippen molar-refractivity contribution in [3.63, 3.8) is 0 Å². The molecule has 0 radical (unpaired) electrons. The summed E-state index contributed by atoms with van der Waals surface area (Å²) in [7, 11) is 0. The smallest absolute Gasteiger partial charge is 0.166 e. The van der Waals surface area contributed by atoms with Crippen LogP contribution in [0.4, 0.5) is 0 Å². The highest BCUT2D eigenvalue weighted by molar-refractivity contribution is 5.99. The van der Waals surface area contributed by atoms with Crippen LogP contribution in [0, 0.1) is 24.2 Å². The van der Waals surface area contributed by atoms with Crippen LogP contribution in [0.25, 0.3) is 11.0 Å². The lowest BCUT2D eigenvalue weighted by molar-refractivity contribution is 0.0965. The lowest BCUT2D eigenvalue weighted by Crippen LogP contribution is -2.07. The SMILES string of the molecule is Cc1c(OCCCCn2c(CC#N)nc3ccccc32)ccc(C(=O)CC(C)C)c1O. The summed E-state index contributed by atoms with van der Waals surface area (Å²) >= 11 is 0. The average molecular weight is 420 g/mol. The number of ether oxygens (including phenoxy) is 1. The number of aryl methyl sites for hydroxylation is 1. The maximum absolute atomic E-state index is 12.3. The summed E-state index contributed by atoms with van der Waals surface area (Å²) in [6, 6.07) is 13.5. The molecular weight excluding hydrogens is 390 g/mol. The summed E-state index contributed by atoms with van der Waals surface area (Å²) in [6.45, 7) is 6.99. The topological polar surface area (TPSA) is 88.1 Å². The fraction of sp³-hybridized carbons (Fsp3) is 0.400. The Balaban J connectivity index is 1.58. The van der Waals surface area contributed by atoms with E-state index >= 15 is 0 Å². The number of benzene rings is 2. The molecule has 0 saturated heterocycles. The number of nitriles is 1. The Kier molecular flexibility index (Phi) is 7.30. The molecule has 1 N–H and O–H groups in total. The first-order chi connectivity index (χ1) is 14.9. The number of aromatic nitrogens is 2. The monoisotopic (exact) mass is 419 g/mol. The molecule has 0 bridgehead atoms. The Morgan fingerprint density at radius 1 is 1.23 bits per heavy atom. The predicted octanol–water partition coefficient (Wildman–Crippen LogP) is 5.20. The zero-order chi connectivity index (χ0) is 22.4. The number of aromatic hydroxyl groups is 1. The summed E-state index contributed by atoms with van der Waals surface area (Å²) in [4.78, 5) is 16.9. The van der Waals surface area contributed by atoms with Crippen LogP contribution in [0.1, 0.15) is 54.9 Å². The normalized spacial score (nSPS) is 11.1. The van der Waals surface area contributed by atoms with Gasteiger partial charge in [-0.25, -0.2) is 4.98 Å². The van der Waals surface area contributed by atoms with Crippen molar-refractivity contribution in [1.29, 1.82) is 5.26 Å². The van der Waals surface area contributed by atoms with Crippen LogP contribution in [-0.4, -0.2) is 27.0 Å². The number of rotatable bonds is 10. The fourth-order valence-electron chi connectivity index (χ4n) is 3.68. The van der Waals surface area contributed by atoms with Gasteiger partial charge in [-0.2, -0.15) is 5.26 Å². The number of Topliss-reactive ketones (excluding diaryl/α,β-unsaturated/α-hetero) is 1. The van der Waals surface area contributed by atoms with Gasteiger partial charge in [-0.3, -0.25) is 4.79 Å². The molecule has 0 amide bonds. The zero-order valence-electron chi connectivity index (χ0n) is 18.4. The van der Waals surface area contributed by atoms with Gasteiger partial charge in [-0.1, -0.05) is 26.0 Å². The number of hydrogen-bond donors (Lipinski definition) is 1. The van der Waals surface area contributed by atoms with Crippen LogP contribution in [0.15, 0.2) is 36.4 Å². The Morgan fingerprint density at radius 2 is 2.00 bits per heavy atom. The van der Waals surface area contributed by atoms with Gasteiger partial charge in [0.2, 0.25) is 0 Å². The molecule has 0 unspecified atom stereocenters. The van der Waals surface area contributed by atoms with Gasteiger partial charge in [0.25, 0.3) is 0 Å². The Labute approximate surface area is 183 Å². The molecular formula is C25H29N3O3. The average Bonchev–Trinajstić information content (AvgIpc) is 3.07. The third-order valence-electron chi connectivity index (χ3n) is 5.28. The summed E-state index contributed by atoms with van der Waals surface area (Å²) in [5.74, 6) is 1.57. The van der Waals surface area contributed by atoms with Crippen molar-refractivity contribution in [2.24, 2.45) is 5.92 Å². The molecule has 3 rings (SSSR count). The van der Waals surface area contributed by atoms with Gasteiger partial charge in [-0.15, -0.1) is 0 Å². The van der Waals surface area contributed by atoms with E-state index in [2.05, 4.69) is 15.6 Å². The molecule has 0 saturated carbocycles. The Hall–Kier alpha value is -3.33. The number of imidazole rings is 1. The minimum Gasteiger partial charge on any atom is -0.507 e. The molecule has 0 spiro atoms. The van der Waals surface area contributed by atoms with E-state index in [1.807, 2.05) is 38.1 Å². The first-order valence-electron chi connectivity index (χ1n) is 10.7. The van der Waals surface area contributed by atoms with Crippen molar-refractivity contribution in [3.8, 4) is 17.6 Å². The van der Waals surface area contributed by atoms with E-state index in [1.165, 1.54) is 0 Å². The maximum atomic E-state index is 12.3. The molecule has 3 aromatic rings. The number of fused-ring (bicyclic) bond motifs is 1. The quantitative estimate of drug-likeness (QED) is 0.360. The molecule has 1 heterocycles. The first-order valence-corrected chi connectivity index (χ1v) is 10.7. The fourth-order valence-corrected chi connectivity index (χ4v) is 3.68. The Morgan fingerprint density at radius 3 is 2.74 bits per heavy atom. The molecule has 0 aliphatic rings. The molecule has 31 heavy (non-hydrogen) atoms. The van der Waals surface area contributed by atoms with E-state index in [0.29, 0.717) is 29.9 Å². The van der Waals surface area contributed by atoms with Gasteiger partial charge < -0.3 is 14.4 Å². The third kappa shape index (κ3) is 5.24. The Bertz CT molecular complexity index is 1110. The molecule has 2 aromatic carbocycles. The van der Waals surface area contributed by atoms with Crippen LogP contribution >= 0.6 is 0 Å². The van der Waals surface area contributed by atoms with Crippen LogP contribution in [-0.2, 0) is 13.0 Å². The number of phenols is 1. The van der Waals surface area contributed by atoms with E-state index in [4.69, 9.17) is 10.00 Å². The molecule has 0 aliphatic heterocycles. The van der Waals surface area contributed by atoms with Crippen LogP contribution in [0.2, 0.25) is 0 Å². The van der Waals surface area contributed by atoms with E-state index in [1.54, 1.807) is 19.1 Å². The zero-order valence-corrected chi connectivity index (χ0v) is 18.4. The highest BCUT2D eigenvalue weighted by Gasteiger charge is 2.17. The number of unbranched alkanes of at least 4 members (excludes halogenated alkanes) is 1. The van der Waals surface area contributed by atoms with E-state index in [-0.39, 0.29) is 23.9 Å². The molecule has 0 aliphatic carbocycles. The maximum Gasteiger partial charge on any atom is 0.166 e. The van der Waals surface area contributed by atoms with Crippen molar-refractivity contribution in [3.05, 3.63) is 53.3 Å². The number of carbonyl (C=O) groups excluding carboxylic acids is 1. The standard InChI is InChI=1S/C25H29N3O3/c1-17(2)16-22(29)19-10-11-23(18(3)25(19)30)31-15-7-6-14-28-21-9-5-4-8-20(21)27-24(28)12-13-26/h4-5,8-11,17,30H,6-7,12,14-16H2,1-3H3. The van der Waals surface area contributed by atoms with Gasteiger partial charge >= 0.3 is 0 Å². The number of ketones is 1. The van der Waals surface area contributed by atoms with Crippen LogP contribution in [0.3, 0.4) is 0 Å². The van der Waals surface area contributed by atoms with Crippen molar-refractivity contribution < 1.29 is 14.6 Å². The number of para-hydroxylation sites is 2. The summed E-state index contributed by atoms with van der Waals surface area (Å²) in [5.41, 5.74) is 2.89. The van der Waals surface area contributed by atoms with Crippen molar-refractivity contribution in [2.45, 2.75) is 53.0 Å². The minimum atomic E-state index is -0.0529. The molecule has 6 heteroatoms. The highest BCUT2D eigenvalue weighted by atomic mass is 16.5. The summed E-state index contributed by atoms with van der Waals surface area (Å²) < 4.78 is 7.97. The third-order valence-corrected chi connectivity index (χ3v) is 5.28. The summed E-state index contributed by atoms with van der Waals surface area (Å²) in [6.07, 6.45) is 2.37. The van der Waals surface area contributed by atoms with Crippen molar-refractivity contribution >= 4 is 16.8 Å². The molecule has 1 aromatic heterocycles. The molecule has 0 fully saturated rings. The second-order valence-electron chi connectivity index (χ2n) is 8.16. The van der Waals surface area contributed by atoms with Crippen molar-refractivity contribution in [2.75, 3.05) is 6.61 Å².